The number of aromatic nitrogens is 1. The van der Waals surface area contributed by atoms with E-state index in [2.05, 4.69) is 15.2 Å². The molecule has 0 aliphatic carbocycles. The molecule has 3 rings (SSSR count). The third-order valence-electron chi connectivity index (χ3n) is 3.50. The Morgan fingerprint density at radius 2 is 1.89 bits per heavy atom. The van der Waals surface area contributed by atoms with Crippen molar-refractivity contribution in [3.8, 4) is 5.88 Å². The molecule has 0 spiro atoms. The van der Waals surface area contributed by atoms with E-state index in [4.69, 9.17) is 23.2 Å². The number of nitrogens with zero attached hydrogens (tertiary/aromatic N) is 2. The van der Waals surface area contributed by atoms with Crippen LogP contribution in [-0.4, -0.2) is 22.0 Å². The Hall–Kier alpha value is -3.16. The van der Waals surface area contributed by atoms with E-state index < -0.39 is 11.9 Å². The number of azo groups is 1. The Bertz CT molecular complexity index is 1090. The molecule has 27 heavy (non-hydrogen) atoms. The van der Waals surface area contributed by atoms with Gasteiger partial charge in [0.15, 0.2) is 5.69 Å². The smallest absolute Gasteiger partial charge is 0.366 e. The van der Waals surface area contributed by atoms with Crippen LogP contribution in [0, 0.1) is 0 Å². The van der Waals surface area contributed by atoms with E-state index in [9.17, 15) is 14.7 Å². The number of para-hydroxylation sites is 1. The number of aromatic hydroxyl groups is 1. The summed E-state index contributed by atoms with van der Waals surface area (Å²) in [5, 5.41) is 20.3. The summed E-state index contributed by atoms with van der Waals surface area (Å²) in [4.78, 5) is 26.2. The van der Waals surface area contributed by atoms with Crippen LogP contribution in [0.2, 0.25) is 10.0 Å². The van der Waals surface area contributed by atoms with Gasteiger partial charge in [0, 0.05) is 11.5 Å². The van der Waals surface area contributed by atoms with Gasteiger partial charge in [-0.3, -0.25) is 10.1 Å². The number of aromatic amines is 1. The fourth-order valence-electron chi connectivity index (χ4n) is 2.27. The minimum absolute atomic E-state index is 0.111. The number of rotatable bonds is 3. The van der Waals surface area contributed by atoms with Crippen LogP contribution in [0.1, 0.15) is 5.56 Å². The molecular weight excluding hydrogens is 391 g/mol. The number of carbonyl (C=O) groups excluding carboxylic acids is 2. The monoisotopic (exact) mass is 402 g/mol. The summed E-state index contributed by atoms with van der Waals surface area (Å²) in [5.41, 5.74) is 1.39. The molecule has 3 N–H and O–H groups in total. The van der Waals surface area contributed by atoms with E-state index in [0.717, 1.165) is 6.08 Å². The van der Waals surface area contributed by atoms with Gasteiger partial charge in [-0.15, -0.1) is 5.11 Å². The highest BCUT2D eigenvalue weighted by molar-refractivity contribution is 6.42. The van der Waals surface area contributed by atoms with E-state index in [-0.39, 0.29) is 11.6 Å². The molecule has 1 aromatic heterocycles. The van der Waals surface area contributed by atoms with Gasteiger partial charge in [-0.25, -0.2) is 4.79 Å². The molecule has 0 fully saturated rings. The number of hydrogen-bond donors (Lipinski definition) is 3. The molecule has 7 nitrogen and oxygen atoms in total. The molecule has 0 unspecified atom stereocenters. The Balaban J connectivity index is 1.65. The van der Waals surface area contributed by atoms with Gasteiger partial charge in [0.25, 0.3) is 5.91 Å². The maximum Gasteiger partial charge on any atom is 0.366 e. The summed E-state index contributed by atoms with van der Waals surface area (Å²) in [6.45, 7) is 0. The van der Waals surface area contributed by atoms with Gasteiger partial charge in [-0.05, 0) is 29.8 Å². The van der Waals surface area contributed by atoms with Crippen molar-refractivity contribution >= 4 is 57.8 Å². The number of urea groups is 1. The quantitative estimate of drug-likeness (QED) is 0.413. The van der Waals surface area contributed by atoms with Gasteiger partial charge in [0.1, 0.15) is 0 Å². The number of fused-ring (bicyclic) bond motifs is 1. The minimum Gasteiger partial charge on any atom is -0.493 e. The zero-order valence-corrected chi connectivity index (χ0v) is 15.1. The molecule has 0 aliphatic heterocycles. The number of H-pyrrole nitrogens is 1. The Labute approximate surface area is 163 Å². The predicted molar refractivity (Wildman–Crippen MR) is 104 cm³/mol. The van der Waals surface area contributed by atoms with E-state index in [1.807, 2.05) is 5.32 Å². The minimum atomic E-state index is -0.969. The fourth-order valence-corrected chi connectivity index (χ4v) is 2.58. The molecule has 136 valence electrons. The summed E-state index contributed by atoms with van der Waals surface area (Å²) in [6.07, 6.45) is 2.61. The number of amides is 3. The molecule has 0 atom stereocenters. The van der Waals surface area contributed by atoms with E-state index in [1.54, 1.807) is 42.5 Å². The van der Waals surface area contributed by atoms with Gasteiger partial charge in [-0.2, -0.15) is 0 Å². The lowest BCUT2D eigenvalue weighted by atomic mass is 10.2. The molecular formula is C18H12Cl2N4O3. The van der Waals surface area contributed by atoms with Crippen molar-refractivity contribution in [2.45, 2.75) is 0 Å². The first-order chi connectivity index (χ1) is 12.9. The van der Waals surface area contributed by atoms with Crippen molar-refractivity contribution in [3.05, 3.63) is 64.1 Å². The Kier molecular flexibility index (Phi) is 5.54. The van der Waals surface area contributed by atoms with Gasteiger partial charge in [-0.1, -0.05) is 52.6 Å². The SMILES string of the molecule is O=C(/C=C/c1ccc(Cl)c(Cl)c1)NC(=O)N=Nc1c(O)[nH]c2ccccc12. The molecule has 2 aromatic carbocycles. The summed E-state index contributed by atoms with van der Waals surface area (Å²) >= 11 is 11.7. The normalized spacial score (nSPS) is 11.5. The van der Waals surface area contributed by atoms with Crippen LogP contribution in [0.15, 0.2) is 58.8 Å². The number of hydrogen-bond acceptors (Lipinski definition) is 4. The maximum atomic E-state index is 11.8. The van der Waals surface area contributed by atoms with Gasteiger partial charge < -0.3 is 10.1 Å². The lowest BCUT2D eigenvalue weighted by Crippen LogP contribution is -2.25. The van der Waals surface area contributed by atoms with Crippen LogP contribution >= 0.6 is 23.2 Å². The number of benzene rings is 2. The van der Waals surface area contributed by atoms with E-state index >= 15 is 0 Å². The first-order valence-electron chi connectivity index (χ1n) is 7.63. The average Bonchev–Trinajstić information content (AvgIpc) is 2.96. The summed E-state index contributed by atoms with van der Waals surface area (Å²) in [6, 6.07) is 10.9. The Morgan fingerprint density at radius 3 is 2.67 bits per heavy atom. The Morgan fingerprint density at radius 1 is 1.11 bits per heavy atom. The van der Waals surface area contributed by atoms with Crippen LogP contribution in [0.4, 0.5) is 10.5 Å². The first kappa shape index (κ1) is 18.6. The van der Waals surface area contributed by atoms with Gasteiger partial charge in [0.05, 0.1) is 15.6 Å². The molecule has 9 heteroatoms. The number of imide groups is 1. The lowest BCUT2D eigenvalue weighted by molar-refractivity contribution is -0.115. The van der Waals surface area contributed by atoms with Crippen molar-refractivity contribution < 1.29 is 14.7 Å². The largest absolute Gasteiger partial charge is 0.493 e. The van der Waals surface area contributed by atoms with Gasteiger partial charge >= 0.3 is 6.03 Å². The third kappa shape index (κ3) is 4.52. The van der Waals surface area contributed by atoms with Crippen molar-refractivity contribution in [1.29, 1.82) is 0 Å². The van der Waals surface area contributed by atoms with Crippen molar-refractivity contribution in [2.75, 3.05) is 0 Å². The van der Waals surface area contributed by atoms with E-state index in [0.29, 0.717) is 26.5 Å². The van der Waals surface area contributed by atoms with Crippen LogP contribution in [0.3, 0.4) is 0 Å². The third-order valence-corrected chi connectivity index (χ3v) is 4.24. The van der Waals surface area contributed by atoms with E-state index in [1.165, 1.54) is 6.08 Å². The second kappa shape index (κ2) is 8.03. The summed E-state index contributed by atoms with van der Waals surface area (Å²) < 4.78 is 0. The van der Waals surface area contributed by atoms with Crippen molar-refractivity contribution in [2.24, 2.45) is 10.2 Å². The first-order valence-corrected chi connectivity index (χ1v) is 8.39. The highest BCUT2D eigenvalue weighted by Crippen LogP contribution is 2.35. The van der Waals surface area contributed by atoms with Crippen molar-refractivity contribution in [3.63, 3.8) is 0 Å². The summed E-state index contributed by atoms with van der Waals surface area (Å²) in [7, 11) is 0. The van der Waals surface area contributed by atoms with Crippen LogP contribution in [0.5, 0.6) is 5.88 Å². The second-order valence-corrected chi connectivity index (χ2v) is 6.18. The topological polar surface area (TPSA) is 107 Å². The van der Waals surface area contributed by atoms with Crippen LogP contribution in [-0.2, 0) is 4.79 Å². The second-order valence-electron chi connectivity index (χ2n) is 5.37. The fraction of sp³-hybridized carbons (Fsp3) is 0. The van der Waals surface area contributed by atoms with Crippen LogP contribution in [0.25, 0.3) is 17.0 Å². The maximum absolute atomic E-state index is 11.8. The highest BCUT2D eigenvalue weighted by Gasteiger charge is 2.10. The molecule has 0 aliphatic rings. The number of nitrogens with one attached hydrogen (secondary N) is 2. The highest BCUT2D eigenvalue weighted by atomic mass is 35.5. The molecule has 0 saturated heterocycles. The molecule has 3 amide bonds. The number of carbonyl (C=O) groups is 2. The molecule has 1 heterocycles. The summed E-state index contributed by atoms with van der Waals surface area (Å²) in [5.74, 6) is -0.910. The predicted octanol–water partition coefficient (Wildman–Crippen LogP) is 5.21. The zero-order chi connectivity index (χ0) is 19.4. The lowest BCUT2D eigenvalue weighted by Gasteiger charge is -1.98. The molecule has 0 radical (unpaired) electrons. The van der Waals surface area contributed by atoms with Gasteiger partial charge in [0.2, 0.25) is 5.88 Å². The van der Waals surface area contributed by atoms with Crippen molar-refractivity contribution in [1.82, 2.24) is 10.3 Å². The zero-order valence-electron chi connectivity index (χ0n) is 13.6. The average molecular weight is 403 g/mol. The standard InChI is InChI=1S/C18H12Cl2N4O3/c19-12-7-5-10(9-13(12)20)6-8-15(25)22-18(27)24-23-16-11-3-1-2-4-14(11)21-17(16)26/h1-9,21,26H,(H,22,25,27)/b8-6+,24-23?. The molecule has 0 bridgehead atoms. The van der Waals surface area contributed by atoms with Crippen LogP contribution < -0.4 is 5.32 Å². The number of halogens is 2. The molecule has 0 saturated carbocycles. The molecule has 3 aromatic rings.